The molecule has 9 heteroatoms. The topological polar surface area (TPSA) is 93.5 Å². The summed E-state index contributed by atoms with van der Waals surface area (Å²) in [5.74, 6) is 1.29. The Morgan fingerprint density at radius 1 is 1.12 bits per heavy atom. The number of hydrazine groups is 1. The van der Waals surface area contributed by atoms with Gasteiger partial charge in [-0.1, -0.05) is 47.7 Å². The third kappa shape index (κ3) is 4.44. The molecular formula is C23H26N6O3. The number of nitrogens with one attached hydrogen (secondary N) is 2. The minimum Gasteiger partial charge on any atom is -0.486 e. The molecule has 3 unspecified atom stereocenters. The average Bonchev–Trinajstić information content (AvgIpc) is 3.49. The van der Waals surface area contributed by atoms with Crippen molar-refractivity contribution in [2.45, 2.75) is 31.2 Å². The Labute approximate surface area is 186 Å². The van der Waals surface area contributed by atoms with Crippen molar-refractivity contribution in [3.05, 3.63) is 72.1 Å². The van der Waals surface area contributed by atoms with Crippen LogP contribution in [0.25, 0.3) is 0 Å². The molecule has 1 amide bonds. The van der Waals surface area contributed by atoms with E-state index in [1.807, 2.05) is 42.5 Å². The number of amides is 1. The molecule has 0 bridgehead atoms. The zero-order valence-electron chi connectivity index (χ0n) is 17.8. The lowest BCUT2D eigenvalue weighted by Gasteiger charge is -2.26. The van der Waals surface area contributed by atoms with E-state index in [-0.39, 0.29) is 24.1 Å². The minimum atomic E-state index is -0.198. The Kier molecular flexibility index (Phi) is 5.74. The molecule has 32 heavy (non-hydrogen) atoms. The van der Waals surface area contributed by atoms with Gasteiger partial charge < -0.3 is 14.4 Å². The van der Waals surface area contributed by atoms with Gasteiger partial charge in [0.2, 0.25) is 0 Å². The second-order valence-electron chi connectivity index (χ2n) is 8.19. The van der Waals surface area contributed by atoms with Crippen molar-refractivity contribution in [3.8, 4) is 11.5 Å². The number of ether oxygens (including phenoxy) is 2. The van der Waals surface area contributed by atoms with Gasteiger partial charge in [0.05, 0.1) is 12.7 Å². The molecular weight excluding hydrogens is 408 g/mol. The zero-order valence-corrected chi connectivity index (χ0v) is 17.8. The molecule has 9 nitrogen and oxygen atoms in total. The summed E-state index contributed by atoms with van der Waals surface area (Å²) < 4.78 is 13.3. The highest BCUT2D eigenvalue weighted by Gasteiger charge is 2.28. The summed E-state index contributed by atoms with van der Waals surface area (Å²) in [7, 11) is 1.79. The summed E-state index contributed by atoms with van der Waals surface area (Å²) in [6, 6.07) is 18.2. The third-order valence-corrected chi connectivity index (χ3v) is 5.74. The molecule has 0 radical (unpaired) electrons. The first kappa shape index (κ1) is 20.5. The molecule has 2 N–H and O–H groups in total. The van der Waals surface area contributed by atoms with Crippen LogP contribution in [0.3, 0.4) is 0 Å². The summed E-state index contributed by atoms with van der Waals surface area (Å²) in [6.07, 6.45) is 2.36. The van der Waals surface area contributed by atoms with Gasteiger partial charge in [-0.05, 0) is 24.1 Å². The van der Waals surface area contributed by atoms with Gasteiger partial charge in [-0.2, -0.15) is 0 Å². The Bertz CT molecular complexity index is 1070. The number of rotatable bonds is 6. The number of benzene rings is 2. The van der Waals surface area contributed by atoms with E-state index in [1.165, 1.54) is 5.56 Å². The Morgan fingerprint density at radius 2 is 1.91 bits per heavy atom. The van der Waals surface area contributed by atoms with Crippen LogP contribution < -0.4 is 20.3 Å². The van der Waals surface area contributed by atoms with E-state index in [1.54, 1.807) is 22.8 Å². The molecule has 2 aliphatic rings. The van der Waals surface area contributed by atoms with Gasteiger partial charge in [0.1, 0.15) is 6.61 Å². The molecule has 1 fully saturated rings. The van der Waals surface area contributed by atoms with Crippen LogP contribution >= 0.6 is 0 Å². The number of carbonyl (C=O) groups is 1. The largest absolute Gasteiger partial charge is 0.486 e. The molecule has 0 aliphatic carbocycles. The fourth-order valence-corrected chi connectivity index (χ4v) is 4.10. The highest BCUT2D eigenvalue weighted by Crippen LogP contribution is 2.31. The lowest BCUT2D eigenvalue weighted by molar-refractivity contribution is 0.0752. The number of para-hydroxylation sites is 2. The van der Waals surface area contributed by atoms with Gasteiger partial charge in [-0.15, -0.1) is 5.10 Å². The number of aromatic nitrogens is 3. The summed E-state index contributed by atoms with van der Waals surface area (Å²) in [5, 5.41) is 8.18. The van der Waals surface area contributed by atoms with Crippen molar-refractivity contribution < 1.29 is 14.3 Å². The van der Waals surface area contributed by atoms with Crippen molar-refractivity contribution >= 4 is 5.91 Å². The molecule has 1 aromatic heterocycles. The van der Waals surface area contributed by atoms with Gasteiger partial charge >= 0.3 is 0 Å². The van der Waals surface area contributed by atoms with Crippen LogP contribution in [0.4, 0.5) is 0 Å². The molecule has 2 aromatic carbocycles. The maximum atomic E-state index is 12.9. The molecule has 3 aromatic rings. The van der Waals surface area contributed by atoms with Crippen LogP contribution in [0.15, 0.2) is 60.8 Å². The Morgan fingerprint density at radius 3 is 2.75 bits per heavy atom. The Hall–Kier alpha value is -3.43. The van der Waals surface area contributed by atoms with Gasteiger partial charge in [0.25, 0.3) is 5.91 Å². The van der Waals surface area contributed by atoms with Gasteiger partial charge in [0.15, 0.2) is 23.3 Å². The number of hydrogen-bond acceptors (Lipinski definition) is 7. The van der Waals surface area contributed by atoms with E-state index in [0.29, 0.717) is 31.1 Å². The molecule has 3 atom stereocenters. The van der Waals surface area contributed by atoms with Crippen LogP contribution in [0, 0.1) is 0 Å². The lowest BCUT2D eigenvalue weighted by Crippen LogP contribution is -2.41. The number of likely N-dealkylation sites (N-methyl/N-ethyl adjacent to an activating group) is 1. The Balaban J connectivity index is 1.14. The second kappa shape index (κ2) is 8.97. The molecule has 3 heterocycles. The van der Waals surface area contributed by atoms with Crippen LogP contribution in [0.2, 0.25) is 0 Å². The van der Waals surface area contributed by atoms with Crippen molar-refractivity contribution in [2.75, 3.05) is 20.2 Å². The van der Waals surface area contributed by atoms with E-state index in [9.17, 15) is 4.79 Å². The monoisotopic (exact) mass is 434 g/mol. The van der Waals surface area contributed by atoms with E-state index < -0.39 is 0 Å². The average molecular weight is 435 g/mol. The highest BCUT2D eigenvalue weighted by molar-refractivity contribution is 5.91. The van der Waals surface area contributed by atoms with Crippen LogP contribution in [-0.2, 0) is 6.54 Å². The van der Waals surface area contributed by atoms with Crippen LogP contribution in [0.1, 0.15) is 28.5 Å². The molecule has 166 valence electrons. The van der Waals surface area contributed by atoms with Gasteiger partial charge in [0, 0.05) is 25.7 Å². The van der Waals surface area contributed by atoms with Gasteiger partial charge in [-0.3, -0.25) is 10.2 Å². The van der Waals surface area contributed by atoms with Crippen molar-refractivity contribution in [2.24, 2.45) is 0 Å². The quantitative estimate of drug-likeness (QED) is 0.611. The van der Waals surface area contributed by atoms with Crippen molar-refractivity contribution in [3.63, 3.8) is 0 Å². The highest BCUT2D eigenvalue weighted by atomic mass is 16.6. The first-order valence-corrected chi connectivity index (χ1v) is 10.8. The number of hydrogen-bond donors (Lipinski definition) is 2. The molecule has 0 saturated carbocycles. The number of fused-ring (bicyclic) bond motifs is 1. The first-order valence-electron chi connectivity index (χ1n) is 10.8. The lowest BCUT2D eigenvalue weighted by atomic mass is 10.0. The minimum absolute atomic E-state index is 0.150. The molecule has 5 rings (SSSR count). The maximum Gasteiger partial charge on any atom is 0.275 e. The van der Waals surface area contributed by atoms with Crippen molar-refractivity contribution in [1.82, 2.24) is 30.7 Å². The number of carbonyl (C=O) groups excluding carboxylic acids is 1. The summed E-state index contributed by atoms with van der Waals surface area (Å²) in [6.45, 7) is 1.44. The summed E-state index contributed by atoms with van der Waals surface area (Å²) in [5.41, 5.74) is 8.16. The number of nitrogens with zero attached hydrogens (tertiary/aromatic N) is 4. The van der Waals surface area contributed by atoms with Crippen molar-refractivity contribution in [1.29, 1.82) is 0 Å². The standard InChI is InChI=1S/C23H26N6O3/c1-28(12-17-11-19(25-24-17)16-7-3-2-4-8-16)23(30)20-14-29(27-26-20)13-18-15-31-21-9-5-6-10-22(21)32-18/h2-10,14,17-19,24-25H,11-13,15H2,1H3. The van der Waals surface area contributed by atoms with Crippen LogP contribution in [-0.4, -0.2) is 58.1 Å². The van der Waals surface area contributed by atoms with E-state index in [4.69, 9.17) is 9.47 Å². The molecule has 0 spiro atoms. The van der Waals surface area contributed by atoms with Crippen LogP contribution in [0.5, 0.6) is 11.5 Å². The summed E-state index contributed by atoms with van der Waals surface area (Å²) in [4.78, 5) is 14.5. The SMILES string of the molecule is CN(CC1CC(c2ccccc2)NN1)C(=O)c1cn(CC2COc3ccccc3O2)nn1. The van der Waals surface area contributed by atoms with Gasteiger partial charge in [-0.25, -0.2) is 10.1 Å². The second-order valence-corrected chi connectivity index (χ2v) is 8.19. The molecule has 2 aliphatic heterocycles. The van der Waals surface area contributed by atoms with E-state index in [0.717, 1.165) is 12.2 Å². The van der Waals surface area contributed by atoms with E-state index >= 15 is 0 Å². The van der Waals surface area contributed by atoms with E-state index in [2.05, 4.69) is 33.3 Å². The predicted molar refractivity (Wildman–Crippen MR) is 117 cm³/mol. The summed E-state index contributed by atoms with van der Waals surface area (Å²) >= 11 is 0. The predicted octanol–water partition coefficient (Wildman–Crippen LogP) is 1.80. The fourth-order valence-electron chi connectivity index (χ4n) is 4.10. The fraction of sp³-hybridized carbons (Fsp3) is 0.348. The normalized spacial score (nSPS) is 22.0. The first-order chi connectivity index (χ1) is 15.7. The zero-order chi connectivity index (χ0) is 21.9. The smallest absolute Gasteiger partial charge is 0.275 e. The molecule has 1 saturated heterocycles. The maximum absolute atomic E-state index is 12.9. The third-order valence-electron chi connectivity index (χ3n) is 5.74.